The van der Waals surface area contributed by atoms with Crippen molar-refractivity contribution in [2.24, 2.45) is 0 Å². The van der Waals surface area contributed by atoms with Crippen molar-refractivity contribution in [3.8, 4) is 66.8 Å². The molecule has 0 nitrogen and oxygen atoms in total. The summed E-state index contributed by atoms with van der Waals surface area (Å²) in [6, 6.07) is 54.1. The molecule has 0 heterocycles. The van der Waals surface area contributed by atoms with E-state index in [1.54, 1.807) is 0 Å². The first-order chi connectivity index (χ1) is 20.9. The minimum Gasteiger partial charge on any atom is -0.0616 e. The van der Waals surface area contributed by atoms with E-state index in [1.165, 1.54) is 99.1 Å². The van der Waals surface area contributed by atoms with Gasteiger partial charge in [0.2, 0.25) is 0 Å². The van der Waals surface area contributed by atoms with Gasteiger partial charge in [-0.25, -0.2) is 0 Å². The molecule has 0 saturated heterocycles. The summed E-state index contributed by atoms with van der Waals surface area (Å²) in [5.74, 6) is 0. The highest BCUT2D eigenvalue weighted by atomic mass is 14.3. The van der Waals surface area contributed by atoms with E-state index in [1.807, 2.05) is 0 Å². The maximum atomic E-state index is 2.33. The fraction of sp³-hybridized carbons (Fsp3) is 0. The molecule has 0 aliphatic heterocycles. The Labute approximate surface area is 244 Å². The van der Waals surface area contributed by atoms with Gasteiger partial charge in [0.25, 0.3) is 0 Å². The highest BCUT2D eigenvalue weighted by Crippen LogP contribution is 2.54. The Morgan fingerprint density at radius 3 is 1.38 bits per heavy atom. The van der Waals surface area contributed by atoms with Crippen molar-refractivity contribution >= 4 is 32.3 Å². The van der Waals surface area contributed by atoms with Gasteiger partial charge in [-0.05, 0) is 99.1 Å². The minimum atomic E-state index is 1.25. The van der Waals surface area contributed by atoms with E-state index in [2.05, 4.69) is 146 Å². The summed E-state index contributed by atoms with van der Waals surface area (Å²) >= 11 is 0. The predicted molar refractivity (Wildman–Crippen MR) is 179 cm³/mol. The zero-order valence-electron chi connectivity index (χ0n) is 22.9. The molecule has 10 rings (SSSR count). The van der Waals surface area contributed by atoms with E-state index < -0.39 is 0 Å². The lowest BCUT2D eigenvalue weighted by Crippen LogP contribution is -1.89. The lowest BCUT2D eigenvalue weighted by Gasteiger charge is -2.16. The highest BCUT2D eigenvalue weighted by Gasteiger charge is 2.26. The van der Waals surface area contributed by atoms with Gasteiger partial charge in [-0.3, -0.25) is 0 Å². The van der Waals surface area contributed by atoms with Crippen LogP contribution in [0.2, 0.25) is 0 Å². The smallest absolute Gasteiger partial charge is 0.00137 e. The number of rotatable bonds is 2. The second kappa shape index (κ2) is 8.06. The average molecular weight is 529 g/mol. The molecule has 8 aromatic carbocycles. The van der Waals surface area contributed by atoms with Crippen molar-refractivity contribution < 1.29 is 0 Å². The van der Waals surface area contributed by atoms with Crippen molar-refractivity contribution in [1.29, 1.82) is 0 Å². The molecule has 42 heavy (non-hydrogen) atoms. The summed E-state index contributed by atoms with van der Waals surface area (Å²) < 4.78 is 0. The molecule has 2 aliphatic carbocycles. The van der Waals surface area contributed by atoms with Gasteiger partial charge >= 0.3 is 0 Å². The third kappa shape index (κ3) is 2.77. The van der Waals surface area contributed by atoms with Crippen LogP contribution in [0.4, 0.5) is 0 Å². The molecule has 8 aromatic rings. The summed E-state index contributed by atoms with van der Waals surface area (Å²) in [7, 11) is 0. The maximum Gasteiger partial charge on any atom is -0.00137 e. The molecular formula is C42H24. The van der Waals surface area contributed by atoms with Crippen LogP contribution >= 0.6 is 0 Å². The molecule has 0 saturated carbocycles. The number of hydrogen-bond donors (Lipinski definition) is 0. The quantitative estimate of drug-likeness (QED) is 0.196. The Hall–Kier alpha value is -5.46. The lowest BCUT2D eigenvalue weighted by atomic mass is 9.87. The van der Waals surface area contributed by atoms with E-state index in [0.29, 0.717) is 0 Å². The molecule has 0 heteroatoms. The standard InChI is InChI=1S/C42H24/c1-2-10-29-28(9-1)32-16-7-15-31-27(23-24-37(29)40(31)32)25-19-21-26(22-20-25)39-35-13-5-6-14-36(35)41-33-12-4-3-11-30(33)34-17-8-18-38(39)42(34)41/h1-24H. The second-order valence-electron chi connectivity index (χ2n) is 11.6. The second-order valence-corrected chi connectivity index (χ2v) is 11.6. The van der Waals surface area contributed by atoms with Gasteiger partial charge in [-0.1, -0.05) is 146 Å². The van der Waals surface area contributed by atoms with Crippen LogP contribution in [0.5, 0.6) is 0 Å². The third-order valence-corrected chi connectivity index (χ3v) is 9.57. The molecule has 0 radical (unpaired) electrons. The number of fused-ring (bicyclic) bond motifs is 8. The monoisotopic (exact) mass is 528 g/mol. The van der Waals surface area contributed by atoms with Gasteiger partial charge in [0.05, 0.1) is 0 Å². The summed E-state index contributed by atoms with van der Waals surface area (Å²) in [4.78, 5) is 0. The fourth-order valence-electron chi connectivity index (χ4n) is 7.86. The van der Waals surface area contributed by atoms with Crippen LogP contribution in [-0.4, -0.2) is 0 Å². The van der Waals surface area contributed by atoms with E-state index in [9.17, 15) is 0 Å². The van der Waals surface area contributed by atoms with E-state index in [-0.39, 0.29) is 0 Å². The zero-order valence-corrected chi connectivity index (χ0v) is 22.9. The zero-order chi connectivity index (χ0) is 27.4. The molecule has 2 aliphatic rings. The van der Waals surface area contributed by atoms with Gasteiger partial charge in [0.15, 0.2) is 0 Å². The van der Waals surface area contributed by atoms with Crippen molar-refractivity contribution in [2.45, 2.75) is 0 Å². The normalized spacial score (nSPS) is 12.3. The fourth-order valence-corrected chi connectivity index (χ4v) is 7.86. The van der Waals surface area contributed by atoms with Crippen LogP contribution in [0.25, 0.3) is 99.1 Å². The summed E-state index contributed by atoms with van der Waals surface area (Å²) in [5.41, 5.74) is 15.9. The van der Waals surface area contributed by atoms with Gasteiger partial charge in [-0.15, -0.1) is 0 Å². The van der Waals surface area contributed by atoms with Gasteiger partial charge in [-0.2, -0.15) is 0 Å². The van der Waals surface area contributed by atoms with E-state index >= 15 is 0 Å². The van der Waals surface area contributed by atoms with Crippen molar-refractivity contribution in [3.05, 3.63) is 146 Å². The third-order valence-electron chi connectivity index (χ3n) is 9.57. The summed E-state index contributed by atoms with van der Waals surface area (Å²) in [6.45, 7) is 0. The molecule has 0 bridgehead atoms. The molecule has 0 unspecified atom stereocenters. The Morgan fingerprint density at radius 2 is 0.667 bits per heavy atom. The SMILES string of the molecule is c1ccc2c(c1)-c1cccc3c(-c4ccc(-c5c6ccccc6c6c7c(cccc57)-c5ccccc5-6)cc4)ccc-2c13. The molecule has 0 atom stereocenters. The minimum absolute atomic E-state index is 1.25. The number of hydrogen-bond acceptors (Lipinski definition) is 0. The lowest BCUT2D eigenvalue weighted by molar-refractivity contribution is 1.64. The van der Waals surface area contributed by atoms with Gasteiger partial charge in [0.1, 0.15) is 0 Å². The maximum absolute atomic E-state index is 2.33. The highest BCUT2D eigenvalue weighted by molar-refractivity contribution is 6.29. The van der Waals surface area contributed by atoms with Crippen LogP contribution < -0.4 is 0 Å². The Bertz CT molecular complexity index is 2410. The first kappa shape index (κ1) is 22.3. The van der Waals surface area contributed by atoms with E-state index in [0.717, 1.165) is 0 Å². The molecule has 0 spiro atoms. The van der Waals surface area contributed by atoms with E-state index in [4.69, 9.17) is 0 Å². The van der Waals surface area contributed by atoms with Crippen molar-refractivity contribution in [1.82, 2.24) is 0 Å². The first-order valence-electron chi connectivity index (χ1n) is 14.7. The molecule has 0 fully saturated rings. The first-order valence-corrected chi connectivity index (χ1v) is 14.7. The van der Waals surface area contributed by atoms with Crippen LogP contribution in [0.15, 0.2) is 146 Å². The Kier molecular flexibility index (Phi) is 4.27. The van der Waals surface area contributed by atoms with Crippen LogP contribution in [0.3, 0.4) is 0 Å². The number of benzene rings is 8. The summed E-state index contributed by atoms with van der Waals surface area (Å²) in [5, 5.41) is 8.04. The molecule has 0 N–H and O–H groups in total. The molecular weight excluding hydrogens is 504 g/mol. The largest absolute Gasteiger partial charge is 0.0616 e. The van der Waals surface area contributed by atoms with Crippen LogP contribution in [-0.2, 0) is 0 Å². The van der Waals surface area contributed by atoms with Crippen LogP contribution in [0.1, 0.15) is 0 Å². The van der Waals surface area contributed by atoms with Crippen LogP contribution in [0, 0.1) is 0 Å². The molecule has 192 valence electrons. The average Bonchev–Trinajstić information content (AvgIpc) is 3.57. The molecule has 0 amide bonds. The molecule has 0 aromatic heterocycles. The summed E-state index contributed by atoms with van der Waals surface area (Å²) in [6.07, 6.45) is 0. The predicted octanol–water partition coefficient (Wildman–Crippen LogP) is 11.8. The van der Waals surface area contributed by atoms with Crippen molar-refractivity contribution in [3.63, 3.8) is 0 Å². The topological polar surface area (TPSA) is 0 Å². The Morgan fingerprint density at radius 1 is 0.214 bits per heavy atom. The van der Waals surface area contributed by atoms with Gasteiger partial charge < -0.3 is 0 Å². The van der Waals surface area contributed by atoms with Gasteiger partial charge in [0, 0.05) is 0 Å². The Balaban J connectivity index is 1.19. The van der Waals surface area contributed by atoms with Crippen molar-refractivity contribution in [2.75, 3.05) is 0 Å².